The molecule has 0 aliphatic heterocycles. The van der Waals surface area contributed by atoms with Crippen molar-refractivity contribution in [3.05, 3.63) is 47.9 Å². The molecule has 30 heavy (non-hydrogen) atoms. The van der Waals surface area contributed by atoms with Crippen LogP contribution in [0.3, 0.4) is 0 Å². The molecule has 0 bridgehead atoms. The van der Waals surface area contributed by atoms with Crippen molar-refractivity contribution in [2.24, 2.45) is 0 Å². The number of benzene rings is 1. The molecule has 0 amide bonds. The van der Waals surface area contributed by atoms with Gasteiger partial charge in [-0.05, 0) is 56.0 Å². The van der Waals surface area contributed by atoms with Crippen molar-refractivity contribution in [2.45, 2.75) is 27.7 Å². The summed E-state index contributed by atoms with van der Waals surface area (Å²) in [5, 5.41) is 0. The highest BCUT2D eigenvalue weighted by Gasteiger charge is 2.01. The highest BCUT2D eigenvalue weighted by molar-refractivity contribution is 5.70. The van der Waals surface area contributed by atoms with Gasteiger partial charge in [0.05, 0.1) is 52.2 Å². The van der Waals surface area contributed by atoms with E-state index in [1.54, 1.807) is 12.5 Å². The van der Waals surface area contributed by atoms with Gasteiger partial charge in [-0.15, -0.1) is 0 Å². The lowest BCUT2D eigenvalue weighted by molar-refractivity contribution is 0.0343. The average Bonchev–Trinajstić information content (AvgIpc) is 2.77. The molecular formula is C24H38O6. The molecule has 0 saturated heterocycles. The van der Waals surface area contributed by atoms with Crippen LogP contribution >= 0.6 is 0 Å². The minimum Gasteiger partial charge on any atom is -0.498 e. The molecule has 0 aromatic heterocycles. The Morgan fingerprint density at radius 3 is 1.47 bits per heavy atom. The van der Waals surface area contributed by atoms with Crippen LogP contribution in [0.2, 0.25) is 0 Å². The summed E-state index contributed by atoms with van der Waals surface area (Å²) in [6.45, 7) is 14.0. The molecule has 170 valence electrons. The Bertz CT molecular complexity index is 562. The smallest absolute Gasteiger partial charge is 0.111 e. The Balaban J connectivity index is 2.35. The molecule has 6 heteroatoms. The van der Waals surface area contributed by atoms with Crippen molar-refractivity contribution >= 4 is 11.1 Å². The zero-order chi connectivity index (χ0) is 21.9. The summed E-state index contributed by atoms with van der Waals surface area (Å²) in [6, 6.07) is 8.30. The quantitative estimate of drug-likeness (QED) is 0.256. The molecule has 0 saturated carbocycles. The zero-order valence-corrected chi connectivity index (χ0v) is 19.0. The summed E-state index contributed by atoms with van der Waals surface area (Å²) >= 11 is 0. The molecule has 0 aliphatic carbocycles. The van der Waals surface area contributed by atoms with Crippen LogP contribution in [-0.4, -0.2) is 66.1 Å². The van der Waals surface area contributed by atoms with Gasteiger partial charge in [0.2, 0.25) is 0 Å². The van der Waals surface area contributed by atoms with Crippen LogP contribution in [0.4, 0.5) is 0 Å². The van der Waals surface area contributed by atoms with Crippen molar-refractivity contribution in [3.63, 3.8) is 0 Å². The van der Waals surface area contributed by atoms with Crippen molar-refractivity contribution in [1.29, 1.82) is 0 Å². The van der Waals surface area contributed by atoms with E-state index in [0.717, 1.165) is 22.3 Å². The third kappa shape index (κ3) is 12.6. The molecule has 6 nitrogen and oxygen atoms in total. The normalized spacial score (nSPS) is 12.3. The van der Waals surface area contributed by atoms with Crippen LogP contribution in [0, 0.1) is 0 Å². The van der Waals surface area contributed by atoms with Gasteiger partial charge in [0, 0.05) is 13.2 Å². The highest BCUT2D eigenvalue weighted by atomic mass is 16.5. The Hall–Kier alpha value is -1.86. The minimum atomic E-state index is 0.516. The number of hydrogen-bond donors (Lipinski definition) is 0. The van der Waals surface area contributed by atoms with Gasteiger partial charge in [-0.25, -0.2) is 0 Å². The molecular weight excluding hydrogens is 384 g/mol. The molecule has 0 aliphatic rings. The van der Waals surface area contributed by atoms with Gasteiger partial charge in [-0.1, -0.05) is 18.2 Å². The summed E-state index contributed by atoms with van der Waals surface area (Å²) in [4.78, 5) is 0. The largest absolute Gasteiger partial charge is 0.498 e. The first-order valence-corrected chi connectivity index (χ1v) is 10.7. The summed E-state index contributed by atoms with van der Waals surface area (Å²) in [6.07, 6.45) is 3.56. The van der Waals surface area contributed by atoms with Crippen LogP contribution in [0.15, 0.2) is 36.8 Å². The summed E-state index contributed by atoms with van der Waals surface area (Å²) < 4.78 is 32.5. The maximum Gasteiger partial charge on any atom is 0.111 e. The number of ether oxygens (including phenoxy) is 6. The van der Waals surface area contributed by atoms with Crippen molar-refractivity contribution in [1.82, 2.24) is 0 Å². The molecule has 0 heterocycles. The second-order valence-corrected chi connectivity index (χ2v) is 6.54. The topological polar surface area (TPSA) is 55.4 Å². The Kier molecular flexibility index (Phi) is 15.7. The monoisotopic (exact) mass is 422 g/mol. The fourth-order valence-electron chi connectivity index (χ4n) is 2.46. The van der Waals surface area contributed by atoms with Crippen LogP contribution in [0.5, 0.6) is 0 Å². The Morgan fingerprint density at radius 2 is 1.03 bits per heavy atom. The van der Waals surface area contributed by atoms with E-state index in [1.165, 1.54) is 0 Å². The zero-order valence-electron chi connectivity index (χ0n) is 19.0. The van der Waals surface area contributed by atoms with Crippen LogP contribution in [0.1, 0.15) is 38.8 Å². The highest BCUT2D eigenvalue weighted by Crippen LogP contribution is 2.20. The lowest BCUT2D eigenvalue weighted by Crippen LogP contribution is -2.08. The first-order valence-electron chi connectivity index (χ1n) is 10.7. The van der Waals surface area contributed by atoms with E-state index in [9.17, 15) is 0 Å². The van der Waals surface area contributed by atoms with E-state index in [0.29, 0.717) is 66.1 Å². The molecule has 0 N–H and O–H groups in total. The molecule has 0 radical (unpaired) electrons. The van der Waals surface area contributed by atoms with Gasteiger partial charge in [0.25, 0.3) is 0 Å². The van der Waals surface area contributed by atoms with Crippen molar-refractivity contribution in [2.75, 3.05) is 66.1 Å². The third-order valence-corrected chi connectivity index (χ3v) is 4.14. The van der Waals surface area contributed by atoms with E-state index in [4.69, 9.17) is 28.4 Å². The van der Waals surface area contributed by atoms with E-state index < -0.39 is 0 Å². The van der Waals surface area contributed by atoms with Crippen LogP contribution in [-0.2, 0) is 28.4 Å². The lowest BCUT2D eigenvalue weighted by atomic mass is 10.0. The van der Waals surface area contributed by atoms with Gasteiger partial charge in [0.1, 0.15) is 13.2 Å². The SMILES string of the molecule is CCOCCOCCO/C=C(\C)c1cccc(/C(C)=C/OCCOCCOCC)c1. The molecule has 0 fully saturated rings. The number of rotatable bonds is 18. The maximum atomic E-state index is 5.59. The van der Waals surface area contributed by atoms with Gasteiger partial charge in [-0.2, -0.15) is 0 Å². The van der Waals surface area contributed by atoms with Gasteiger partial charge in [-0.3, -0.25) is 0 Å². The summed E-state index contributed by atoms with van der Waals surface area (Å²) in [5.41, 5.74) is 4.33. The van der Waals surface area contributed by atoms with E-state index >= 15 is 0 Å². The van der Waals surface area contributed by atoms with Crippen LogP contribution in [0.25, 0.3) is 11.1 Å². The van der Waals surface area contributed by atoms with Gasteiger partial charge < -0.3 is 28.4 Å². The first kappa shape index (κ1) is 26.2. The predicted octanol–water partition coefficient (Wildman–Crippen LogP) is 4.55. The fourth-order valence-corrected chi connectivity index (χ4v) is 2.46. The van der Waals surface area contributed by atoms with Crippen molar-refractivity contribution in [3.8, 4) is 0 Å². The van der Waals surface area contributed by atoms with Crippen LogP contribution < -0.4 is 0 Å². The summed E-state index contributed by atoms with van der Waals surface area (Å²) in [5.74, 6) is 0. The third-order valence-electron chi connectivity index (χ3n) is 4.14. The van der Waals surface area contributed by atoms with Crippen molar-refractivity contribution < 1.29 is 28.4 Å². The van der Waals surface area contributed by atoms with Gasteiger partial charge in [0.15, 0.2) is 0 Å². The second-order valence-electron chi connectivity index (χ2n) is 6.54. The predicted molar refractivity (Wildman–Crippen MR) is 120 cm³/mol. The molecule has 1 aromatic rings. The first-order chi connectivity index (χ1) is 14.7. The lowest BCUT2D eigenvalue weighted by Gasteiger charge is -2.09. The number of allylic oxidation sites excluding steroid dienone is 2. The summed E-state index contributed by atoms with van der Waals surface area (Å²) in [7, 11) is 0. The molecule has 0 unspecified atom stereocenters. The average molecular weight is 423 g/mol. The Labute approximate surface area is 181 Å². The minimum absolute atomic E-state index is 0.516. The maximum absolute atomic E-state index is 5.59. The van der Waals surface area contributed by atoms with Gasteiger partial charge >= 0.3 is 0 Å². The van der Waals surface area contributed by atoms with E-state index in [-0.39, 0.29) is 0 Å². The second kappa shape index (κ2) is 18.0. The molecule has 0 atom stereocenters. The molecule has 1 aromatic carbocycles. The standard InChI is InChI=1S/C24H38O6/c1-5-25-10-12-27-14-16-29-19-21(3)23-8-7-9-24(18-23)22(4)20-30-17-15-28-13-11-26-6-2/h7-9,18-20H,5-6,10-17H2,1-4H3/b21-19+,22-20+. The molecule has 1 rings (SSSR count). The number of hydrogen-bond acceptors (Lipinski definition) is 6. The Morgan fingerprint density at radius 1 is 0.633 bits per heavy atom. The van der Waals surface area contributed by atoms with E-state index in [1.807, 2.05) is 33.8 Å². The van der Waals surface area contributed by atoms with E-state index in [2.05, 4.69) is 18.2 Å². The molecule has 0 spiro atoms. The fraction of sp³-hybridized carbons (Fsp3) is 0.583.